The fourth-order valence-electron chi connectivity index (χ4n) is 2.93. The molecule has 0 bridgehead atoms. The molecule has 2 heteroatoms. The van der Waals surface area contributed by atoms with Crippen molar-refractivity contribution in [3.8, 4) is 0 Å². The summed E-state index contributed by atoms with van der Waals surface area (Å²) in [7, 11) is 0. The maximum absolute atomic E-state index is 11.9. The molecule has 1 fully saturated rings. The van der Waals surface area contributed by atoms with E-state index >= 15 is 0 Å². The molecule has 0 aliphatic heterocycles. The van der Waals surface area contributed by atoms with E-state index in [0.717, 1.165) is 19.3 Å². The summed E-state index contributed by atoms with van der Waals surface area (Å²) < 4.78 is 5.28. The van der Waals surface area contributed by atoms with Crippen LogP contribution in [0.1, 0.15) is 80.1 Å². The van der Waals surface area contributed by atoms with Crippen LogP contribution in [-0.4, -0.2) is 12.6 Å². The maximum atomic E-state index is 11.9. The van der Waals surface area contributed by atoms with Crippen molar-refractivity contribution in [2.75, 3.05) is 6.61 Å². The molecule has 110 valence electrons. The molecule has 1 aliphatic rings. The Morgan fingerprint density at radius 1 is 1.10 bits per heavy atom. The van der Waals surface area contributed by atoms with Gasteiger partial charge in [-0.3, -0.25) is 0 Å². The molecule has 1 aromatic carbocycles. The number of carbonyl (C=O) groups is 1. The fraction of sp³-hybridized carbons (Fsp3) is 0.611. The summed E-state index contributed by atoms with van der Waals surface area (Å²) in [5, 5.41) is 0. The van der Waals surface area contributed by atoms with Gasteiger partial charge in [0.05, 0.1) is 12.2 Å². The highest BCUT2D eigenvalue weighted by molar-refractivity contribution is 5.89. The van der Waals surface area contributed by atoms with Gasteiger partial charge in [-0.2, -0.15) is 0 Å². The summed E-state index contributed by atoms with van der Waals surface area (Å²) in [5.41, 5.74) is 2.06. The molecule has 0 atom stereocenters. The quantitative estimate of drug-likeness (QED) is 0.534. The summed E-state index contributed by atoms with van der Waals surface area (Å²) in [4.78, 5) is 11.9. The third-order valence-electron chi connectivity index (χ3n) is 4.20. The lowest BCUT2D eigenvalue weighted by atomic mass is 9.84. The van der Waals surface area contributed by atoms with Gasteiger partial charge in [0, 0.05) is 0 Å². The molecule has 0 aromatic heterocycles. The molecule has 20 heavy (non-hydrogen) atoms. The Labute approximate surface area is 122 Å². The first-order chi connectivity index (χ1) is 9.81. The lowest BCUT2D eigenvalue weighted by Crippen LogP contribution is -2.08. The zero-order valence-electron chi connectivity index (χ0n) is 12.6. The highest BCUT2D eigenvalue weighted by Crippen LogP contribution is 2.32. The topological polar surface area (TPSA) is 26.3 Å². The lowest BCUT2D eigenvalue weighted by molar-refractivity contribution is 0.0498. The number of benzene rings is 1. The molecular formula is C18H26O2. The van der Waals surface area contributed by atoms with Crippen molar-refractivity contribution in [1.29, 1.82) is 0 Å². The van der Waals surface area contributed by atoms with Crippen LogP contribution in [0.4, 0.5) is 0 Å². The predicted molar refractivity (Wildman–Crippen MR) is 82.1 cm³/mol. The Bertz CT molecular complexity index is 402. The Balaban J connectivity index is 1.85. The predicted octanol–water partition coefficient (Wildman–Crippen LogP) is 5.08. The van der Waals surface area contributed by atoms with E-state index in [1.807, 2.05) is 12.1 Å². The van der Waals surface area contributed by atoms with Gasteiger partial charge >= 0.3 is 5.97 Å². The second-order valence-electron chi connectivity index (χ2n) is 5.80. The van der Waals surface area contributed by atoms with Crippen molar-refractivity contribution in [2.45, 2.75) is 64.2 Å². The van der Waals surface area contributed by atoms with Crippen LogP contribution in [0, 0.1) is 0 Å². The van der Waals surface area contributed by atoms with Gasteiger partial charge in [-0.25, -0.2) is 4.79 Å². The number of hydrogen-bond donors (Lipinski definition) is 0. The number of carbonyl (C=O) groups excluding carboxylic acids is 1. The summed E-state index contributed by atoms with van der Waals surface area (Å²) in [6.45, 7) is 2.68. The summed E-state index contributed by atoms with van der Waals surface area (Å²) >= 11 is 0. The SMILES string of the molecule is CCCCCOC(=O)c1ccc(C2CCCCC2)cc1. The molecule has 0 N–H and O–H groups in total. The van der Waals surface area contributed by atoms with E-state index in [4.69, 9.17) is 4.74 Å². The molecular weight excluding hydrogens is 248 g/mol. The number of esters is 1. The molecule has 2 nitrogen and oxygen atoms in total. The molecule has 0 amide bonds. The first kappa shape index (κ1) is 15.1. The number of hydrogen-bond acceptors (Lipinski definition) is 2. The molecule has 1 aliphatic carbocycles. The molecule has 2 rings (SSSR count). The summed E-state index contributed by atoms with van der Waals surface area (Å²) in [5.74, 6) is 0.509. The van der Waals surface area contributed by atoms with E-state index < -0.39 is 0 Å². The van der Waals surface area contributed by atoms with Crippen LogP contribution in [0.15, 0.2) is 24.3 Å². The summed E-state index contributed by atoms with van der Waals surface area (Å²) in [6.07, 6.45) is 9.86. The van der Waals surface area contributed by atoms with Gasteiger partial charge in [0.1, 0.15) is 0 Å². The van der Waals surface area contributed by atoms with Gasteiger partial charge < -0.3 is 4.74 Å². The molecule has 1 aromatic rings. The van der Waals surface area contributed by atoms with Crippen molar-refractivity contribution < 1.29 is 9.53 Å². The molecule has 0 spiro atoms. The lowest BCUT2D eigenvalue weighted by Gasteiger charge is -2.21. The third-order valence-corrected chi connectivity index (χ3v) is 4.20. The molecule has 0 saturated heterocycles. The standard InChI is InChI=1S/C18H26O2/c1-2-3-7-14-20-18(19)17-12-10-16(11-13-17)15-8-5-4-6-9-15/h10-13,15H,2-9,14H2,1H3. The Kier molecular flexibility index (Phi) is 6.10. The first-order valence-corrected chi connectivity index (χ1v) is 8.08. The van der Waals surface area contributed by atoms with Gasteiger partial charge in [0.2, 0.25) is 0 Å². The van der Waals surface area contributed by atoms with E-state index in [1.54, 1.807) is 0 Å². The highest BCUT2D eigenvalue weighted by atomic mass is 16.5. The van der Waals surface area contributed by atoms with Crippen molar-refractivity contribution in [3.63, 3.8) is 0 Å². The van der Waals surface area contributed by atoms with Crippen LogP contribution < -0.4 is 0 Å². The van der Waals surface area contributed by atoms with Crippen molar-refractivity contribution in [2.24, 2.45) is 0 Å². The van der Waals surface area contributed by atoms with Gasteiger partial charge in [-0.05, 0) is 42.9 Å². The largest absolute Gasteiger partial charge is 0.462 e. The summed E-state index contributed by atoms with van der Waals surface area (Å²) in [6, 6.07) is 8.06. The van der Waals surface area contributed by atoms with Crippen molar-refractivity contribution in [3.05, 3.63) is 35.4 Å². The zero-order chi connectivity index (χ0) is 14.2. The van der Waals surface area contributed by atoms with Crippen LogP contribution in [0.2, 0.25) is 0 Å². The molecule has 0 radical (unpaired) electrons. The van der Waals surface area contributed by atoms with E-state index in [-0.39, 0.29) is 5.97 Å². The Morgan fingerprint density at radius 3 is 2.45 bits per heavy atom. The van der Waals surface area contributed by atoms with Crippen molar-refractivity contribution >= 4 is 5.97 Å². The van der Waals surface area contributed by atoms with Crippen molar-refractivity contribution in [1.82, 2.24) is 0 Å². The average Bonchev–Trinajstić information content (AvgIpc) is 2.52. The second kappa shape index (κ2) is 8.08. The monoisotopic (exact) mass is 274 g/mol. The minimum absolute atomic E-state index is 0.184. The number of unbranched alkanes of at least 4 members (excludes halogenated alkanes) is 2. The molecule has 1 saturated carbocycles. The minimum atomic E-state index is -0.184. The number of rotatable bonds is 6. The fourth-order valence-corrected chi connectivity index (χ4v) is 2.93. The minimum Gasteiger partial charge on any atom is -0.462 e. The zero-order valence-corrected chi connectivity index (χ0v) is 12.6. The highest BCUT2D eigenvalue weighted by Gasteiger charge is 2.16. The van der Waals surface area contributed by atoms with Gasteiger partial charge in [0.15, 0.2) is 0 Å². The average molecular weight is 274 g/mol. The van der Waals surface area contributed by atoms with Gasteiger partial charge in [0.25, 0.3) is 0 Å². The van der Waals surface area contributed by atoms with Gasteiger partial charge in [-0.1, -0.05) is 51.2 Å². The normalized spacial score (nSPS) is 16.1. The first-order valence-electron chi connectivity index (χ1n) is 8.08. The van der Waals surface area contributed by atoms with Crippen LogP contribution in [0.3, 0.4) is 0 Å². The van der Waals surface area contributed by atoms with Crippen LogP contribution in [0.5, 0.6) is 0 Å². The number of ether oxygens (including phenoxy) is 1. The second-order valence-corrected chi connectivity index (χ2v) is 5.80. The van der Waals surface area contributed by atoms with E-state index in [0.29, 0.717) is 18.1 Å². The van der Waals surface area contributed by atoms with Crippen LogP contribution >= 0.6 is 0 Å². The van der Waals surface area contributed by atoms with Crippen LogP contribution in [0.25, 0.3) is 0 Å². The Hall–Kier alpha value is -1.31. The van der Waals surface area contributed by atoms with E-state index in [2.05, 4.69) is 19.1 Å². The molecule has 0 unspecified atom stereocenters. The van der Waals surface area contributed by atoms with Gasteiger partial charge in [-0.15, -0.1) is 0 Å². The smallest absolute Gasteiger partial charge is 0.338 e. The van der Waals surface area contributed by atoms with E-state index in [1.165, 1.54) is 37.7 Å². The Morgan fingerprint density at radius 2 is 1.80 bits per heavy atom. The molecule has 0 heterocycles. The van der Waals surface area contributed by atoms with Crippen LogP contribution in [-0.2, 0) is 4.74 Å². The maximum Gasteiger partial charge on any atom is 0.338 e. The van der Waals surface area contributed by atoms with E-state index in [9.17, 15) is 4.79 Å². The third kappa shape index (κ3) is 4.36.